The highest BCUT2D eigenvalue weighted by atomic mass is 32.2. The zero-order valence-electron chi connectivity index (χ0n) is 13.6. The smallest absolute Gasteiger partial charge is 0.268 e. The third-order valence-corrected chi connectivity index (χ3v) is 6.42. The minimum absolute atomic E-state index is 0.365. The minimum Gasteiger partial charge on any atom is -0.316 e. The fourth-order valence-corrected chi connectivity index (χ4v) is 4.91. The maximum absolute atomic E-state index is 13.2. The fraction of sp³-hybridized carbons (Fsp3) is 0.263. The van der Waals surface area contributed by atoms with Gasteiger partial charge in [-0.25, -0.2) is 12.4 Å². The van der Waals surface area contributed by atoms with Gasteiger partial charge in [-0.15, -0.1) is 0 Å². The molecular weight excluding hydrogens is 320 g/mol. The molecule has 1 aliphatic heterocycles. The molecule has 124 valence electrons. The predicted octanol–water partition coefficient (Wildman–Crippen LogP) is 2.87. The average molecular weight is 340 g/mol. The maximum Gasteiger partial charge on any atom is 0.268 e. The zero-order valence-corrected chi connectivity index (χ0v) is 14.4. The van der Waals surface area contributed by atoms with Gasteiger partial charge in [0, 0.05) is 11.6 Å². The van der Waals surface area contributed by atoms with E-state index in [1.165, 1.54) is 9.54 Å². The summed E-state index contributed by atoms with van der Waals surface area (Å²) in [5.41, 5.74) is 4.07. The van der Waals surface area contributed by atoms with Crippen LogP contribution in [0.25, 0.3) is 10.9 Å². The average Bonchev–Trinajstić information content (AvgIpc) is 2.78. The standard InChI is InChI=1S/C19H20N2O2S/c1-14-13-21(19-5-3-2-4-18(14)19)24(22,23)17-7-6-15-8-10-20-11-9-16(15)12-17/h2-7,12-13,20H,8-11H2,1H3. The van der Waals surface area contributed by atoms with Crippen molar-refractivity contribution in [1.29, 1.82) is 0 Å². The lowest BCUT2D eigenvalue weighted by Gasteiger charge is -2.11. The van der Waals surface area contributed by atoms with Gasteiger partial charge in [-0.3, -0.25) is 0 Å². The van der Waals surface area contributed by atoms with Crippen molar-refractivity contribution in [2.75, 3.05) is 13.1 Å². The van der Waals surface area contributed by atoms with Crippen LogP contribution in [0.1, 0.15) is 16.7 Å². The van der Waals surface area contributed by atoms with Crippen molar-refractivity contribution >= 4 is 20.9 Å². The van der Waals surface area contributed by atoms with E-state index in [9.17, 15) is 8.42 Å². The Hall–Kier alpha value is -2.11. The summed E-state index contributed by atoms with van der Waals surface area (Å²) in [6, 6.07) is 13.2. The summed E-state index contributed by atoms with van der Waals surface area (Å²) >= 11 is 0. The zero-order chi connectivity index (χ0) is 16.7. The quantitative estimate of drug-likeness (QED) is 0.780. The van der Waals surface area contributed by atoms with Crippen molar-refractivity contribution in [3.05, 3.63) is 65.4 Å². The highest BCUT2D eigenvalue weighted by Crippen LogP contribution is 2.27. The molecule has 2 aromatic carbocycles. The molecule has 1 N–H and O–H groups in total. The Balaban J connectivity index is 1.87. The van der Waals surface area contributed by atoms with Crippen molar-refractivity contribution in [1.82, 2.24) is 9.29 Å². The van der Waals surface area contributed by atoms with Gasteiger partial charge in [0.15, 0.2) is 0 Å². The highest BCUT2D eigenvalue weighted by molar-refractivity contribution is 7.90. The molecule has 5 heteroatoms. The number of benzene rings is 2. The molecule has 0 saturated carbocycles. The molecular formula is C19H20N2O2S. The molecule has 4 nitrogen and oxygen atoms in total. The van der Waals surface area contributed by atoms with Crippen LogP contribution in [0.15, 0.2) is 53.6 Å². The molecule has 1 aromatic heterocycles. The van der Waals surface area contributed by atoms with E-state index in [2.05, 4.69) is 5.32 Å². The molecule has 24 heavy (non-hydrogen) atoms. The van der Waals surface area contributed by atoms with E-state index in [0.29, 0.717) is 4.90 Å². The summed E-state index contributed by atoms with van der Waals surface area (Å²) in [4.78, 5) is 0.365. The van der Waals surface area contributed by atoms with Gasteiger partial charge in [-0.1, -0.05) is 24.3 Å². The van der Waals surface area contributed by atoms with Crippen molar-refractivity contribution in [3.63, 3.8) is 0 Å². The number of hydrogen-bond donors (Lipinski definition) is 1. The number of para-hydroxylation sites is 1. The van der Waals surface area contributed by atoms with E-state index in [4.69, 9.17) is 0 Å². The summed E-state index contributed by atoms with van der Waals surface area (Å²) in [7, 11) is -3.59. The first-order valence-corrected chi connectivity index (χ1v) is 9.66. The van der Waals surface area contributed by atoms with Gasteiger partial charge in [0.2, 0.25) is 0 Å². The van der Waals surface area contributed by atoms with Crippen LogP contribution in [0.3, 0.4) is 0 Å². The highest BCUT2D eigenvalue weighted by Gasteiger charge is 2.21. The summed E-state index contributed by atoms with van der Waals surface area (Å²) in [6.07, 6.45) is 3.53. The van der Waals surface area contributed by atoms with Crippen LogP contribution in [0, 0.1) is 6.92 Å². The first kappa shape index (κ1) is 15.4. The molecule has 4 rings (SSSR count). The Bertz CT molecular complexity index is 1020. The number of rotatable bonds is 2. The second-order valence-corrected chi connectivity index (χ2v) is 8.13. The molecule has 0 bridgehead atoms. The molecule has 0 saturated heterocycles. The Kier molecular flexibility index (Phi) is 3.70. The second kappa shape index (κ2) is 5.76. The maximum atomic E-state index is 13.2. The summed E-state index contributed by atoms with van der Waals surface area (Å²) < 4.78 is 27.8. The predicted molar refractivity (Wildman–Crippen MR) is 96.0 cm³/mol. The molecule has 0 spiro atoms. The van der Waals surface area contributed by atoms with E-state index in [1.807, 2.05) is 43.3 Å². The van der Waals surface area contributed by atoms with Gasteiger partial charge in [0.1, 0.15) is 0 Å². The largest absolute Gasteiger partial charge is 0.316 e. The van der Waals surface area contributed by atoms with Crippen LogP contribution in [-0.2, 0) is 22.9 Å². The molecule has 0 unspecified atom stereocenters. The van der Waals surface area contributed by atoms with Crippen LogP contribution in [0.4, 0.5) is 0 Å². The van der Waals surface area contributed by atoms with Crippen LogP contribution in [-0.4, -0.2) is 25.5 Å². The normalized spacial score (nSPS) is 15.2. The van der Waals surface area contributed by atoms with Gasteiger partial charge >= 0.3 is 0 Å². The first-order valence-electron chi connectivity index (χ1n) is 8.22. The Morgan fingerprint density at radius 1 is 1.00 bits per heavy atom. The van der Waals surface area contributed by atoms with Crippen molar-refractivity contribution in [2.45, 2.75) is 24.7 Å². The Labute approximate surface area is 142 Å². The summed E-state index contributed by atoms with van der Waals surface area (Å²) in [5.74, 6) is 0. The topological polar surface area (TPSA) is 51.1 Å². The number of hydrogen-bond acceptors (Lipinski definition) is 3. The molecule has 3 aromatic rings. The second-order valence-electron chi connectivity index (χ2n) is 6.31. The summed E-state index contributed by atoms with van der Waals surface area (Å²) in [5, 5.41) is 4.33. The fourth-order valence-electron chi connectivity index (χ4n) is 3.44. The number of aromatic nitrogens is 1. The van der Waals surface area contributed by atoms with Gasteiger partial charge in [-0.2, -0.15) is 0 Å². The molecule has 0 radical (unpaired) electrons. The molecule has 1 aliphatic rings. The van der Waals surface area contributed by atoms with Gasteiger partial charge in [0.05, 0.1) is 10.4 Å². The number of aryl methyl sites for hydroxylation is 1. The third-order valence-electron chi connectivity index (χ3n) is 4.75. The first-order chi connectivity index (χ1) is 11.6. The molecule has 2 heterocycles. The number of nitrogens with one attached hydrogen (secondary N) is 1. The van der Waals surface area contributed by atoms with E-state index in [1.54, 1.807) is 12.3 Å². The van der Waals surface area contributed by atoms with E-state index < -0.39 is 10.0 Å². The van der Waals surface area contributed by atoms with E-state index in [0.717, 1.165) is 48.0 Å². The van der Waals surface area contributed by atoms with E-state index in [-0.39, 0.29) is 0 Å². The van der Waals surface area contributed by atoms with Gasteiger partial charge < -0.3 is 5.32 Å². The van der Waals surface area contributed by atoms with E-state index >= 15 is 0 Å². The van der Waals surface area contributed by atoms with Crippen LogP contribution < -0.4 is 5.32 Å². The van der Waals surface area contributed by atoms with Crippen molar-refractivity contribution in [3.8, 4) is 0 Å². The molecule has 0 fully saturated rings. The molecule has 0 atom stereocenters. The van der Waals surface area contributed by atoms with Crippen LogP contribution in [0.2, 0.25) is 0 Å². The van der Waals surface area contributed by atoms with Crippen molar-refractivity contribution < 1.29 is 8.42 Å². The molecule has 0 amide bonds. The van der Waals surface area contributed by atoms with Crippen molar-refractivity contribution in [2.24, 2.45) is 0 Å². The molecule has 0 aliphatic carbocycles. The Morgan fingerprint density at radius 3 is 2.58 bits per heavy atom. The van der Waals surface area contributed by atoms with Gasteiger partial charge in [-0.05, 0) is 67.7 Å². The number of nitrogens with zero attached hydrogens (tertiary/aromatic N) is 1. The van der Waals surface area contributed by atoms with Crippen LogP contribution in [0.5, 0.6) is 0 Å². The minimum atomic E-state index is -3.59. The Morgan fingerprint density at radius 2 is 1.75 bits per heavy atom. The SMILES string of the molecule is Cc1cn(S(=O)(=O)c2ccc3c(c2)CCNCC3)c2ccccc12. The monoisotopic (exact) mass is 340 g/mol. The lowest BCUT2D eigenvalue weighted by molar-refractivity contribution is 0.589. The lowest BCUT2D eigenvalue weighted by atomic mass is 10.0. The summed E-state index contributed by atoms with van der Waals surface area (Å²) in [6.45, 7) is 3.78. The van der Waals surface area contributed by atoms with Gasteiger partial charge in [0.25, 0.3) is 10.0 Å². The van der Waals surface area contributed by atoms with Crippen LogP contribution >= 0.6 is 0 Å². The number of fused-ring (bicyclic) bond motifs is 2. The third kappa shape index (κ3) is 2.44. The lowest BCUT2D eigenvalue weighted by Crippen LogP contribution is -2.16.